The molecule has 0 radical (unpaired) electrons. The van der Waals surface area contributed by atoms with Crippen molar-refractivity contribution in [1.82, 2.24) is 10.0 Å². The predicted molar refractivity (Wildman–Crippen MR) is 124 cm³/mol. The van der Waals surface area contributed by atoms with Gasteiger partial charge in [0.15, 0.2) is 0 Å². The van der Waals surface area contributed by atoms with Gasteiger partial charge in [-0.2, -0.15) is 0 Å². The molecule has 0 spiro atoms. The van der Waals surface area contributed by atoms with Gasteiger partial charge in [-0.3, -0.25) is 4.79 Å². The maximum absolute atomic E-state index is 12.7. The molecule has 2 N–H and O–H groups in total. The van der Waals surface area contributed by atoms with Gasteiger partial charge in [0.1, 0.15) is 17.6 Å². The summed E-state index contributed by atoms with van der Waals surface area (Å²) in [6, 6.07) is 7.57. The summed E-state index contributed by atoms with van der Waals surface area (Å²) in [5.41, 5.74) is 4.33. The molecule has 0 saturated heterocycles. The predicted octanol–water partition coefficient (Wildman–Crippen LogP) is 3.32. The van der Waals surface area contributed by atoms with E-state index in [-0.39, 0.29) is 36.4 Å². The zero-order valence-corrected chi connectivity index (χ0v) is 20.2. The lowest BCUT2D eigenvalue weighted by atomic mass is 10.1. The number of fused-ring (bicyclic) bond motifs is 1. The molecule has 8 heteroatoms. The van der Waals surface area contributed by atoms with Crippen molar-refractivity contribution < 1.29 is 22.7 Å². The molecule has 0 fully saturated rings. The molecule has 1 aliphatic heterocycles. The number of carbonyl (C=O) groups excluding carboxylic acids is 1. The van der Waals surface area contributed by atoms with Crippen LogP contribution >= 0.6 is 0 Å². The second-order valence-electron chi connectivity index (χ2n) is 8.29. The SMILES string of the molecule is CCOc1cc2c(cc1CNC(=O)CCNS(=O)(=O)c1c(C)cc(C)cc1C)O[C@@H](C)C2. The monoisotopic (exact) mass is 460 g/mol. The topological polar surface area (TPSA) is 93.7 Å². The lowest BCUT2D eigenvalue weighted by molar-refractivity contribution is -0.121. The highest BCUT2D eigenvalue weighted by molar-refractivity contribution is 7.89. The molecule has 7 nitrogen and oxygen atoms in total. The molecule has 0 bridgehead atoms. The molecule has 0 aromatic heterocycles. The molecule has 1 heterocycles. The Bertz CT molecular complexity index is 1090. The minimum absolute atomic E-state index is 0.0179. The fourth-order valence-electron chi connectivity index (χ4n) is 4.15. The van der Waals surface area contributed by atoms with Gasteiger partial charge in [-0.15, -0.1) is 0 Å². The molecule has 174 valence electrons. The summed E-state index contributed by atoms with van der Waals surface area (Å²) < 4.78 is 39.5. The maximum Gasteiger partial charge on any atom is 0.241 e. The lowest BCUT2D eigenvalue weighted by Gasteiger charge is -2.14. The summed E-state index contributed by atoms with van der Waals surface area (Å²) in [5, 5.41) is 2.85. The van der Waals surface area contributed by atoms with Crippen LogP contribution in [0.5, 0.6) is 11.5 Å². The first kappa shape index (κ1) is 24.1. The number of hydrogen-bond donors (Lipinski definition) is 2. The first-order chi connectivity index (χ1) is 15.1. The molecule has 0 saturated carbocycles. The van der Waals surface area contributed by atoms with E-state index in [0.29, 0.717) is 17.7 Å². The lowest BCUT2D eigenvalue weighted by Crippen LogP contribution is -2.31. The van der Waals surface area contributed by atoms with Crippen molar-refractivity contribution in [3.63, 3.8) is 0 Å². The van der Waals surface area contributed by atoms with Crippen molar-refractivity contribution in [2.24, 2.45) is 0 Å². The average Bonchev–Trinajstić information content (AvgIpc) is 3.04. The number of nitrogens with one attached hydrogen (secondary N) is 2. The number of carbonyl (C=O) groups is 1. The number of aryl methyl sites for hydroxylation is 3. The van der Waals surface area contributed by atoms with Gasteiger partial charge in [-0.25, -0.2) is 13.1 Å². The number of benzene rings is 2. The Hall–Kier alpha value is -2.58. The van der Waals surface area contributed by atoms with Crippen LogP contribution in [0.1, 0.15) is 48.1 Å². The van der Waals surface area contributed by atoms with E-state index in [9.17, 15) is 13.2 Å². The van der Waals surface area contributed by atoms with Crippen LogP contribution in [-0.2, 0) is 27.8 Å². The van der Waals surface area contributed by atoms with E-state index in [1.807, 2.05) is 45.0 Å². The molecular weight excluding hydrogens is 428 g/mol. The van der Waals surface area contributed by atoms with Gasteiger partial charge < -0.3 is 14.8 Å². The third-order valence-corrected chi connectivity index (χ3v) is 7.14. The van der Waals surface area contributed by atoms with Crippen LogP contribution in [0, 0.1) is 20.8 Å². The highest BCUT2D eigenvalue weighted by atomic mass is 32.2. The highest BCUT2D eigenvalue weighted by Crippen LogP contribution is 2.35. The Morgan fingerprint density at radius 2 is 1.84 bits per heavy atom. The smallest absolute Gasteiger partial charge is 0.241 e. The minimum Gasteiger partial charge on any atom is -0.494 e. The van der Waals surface area contributed by atoms with Crippen LogP contribution in [0.2, 0.25) is 0 Å². The van der Waals surface area contributed by atoms with Crippen LogP contribution < -0.4 is 19.5 Å². The molecule has 2 aromatic rings. The van der Waals surface area contributed by atoms with E-state index in [4.69, 9.17) is 9.47 Å². The Labute approximate surface area is 190 Å². The summed E-state index contributed by atoms with van der Waals surface area (Å²) >= 11 is 0. The summed E-state index contributed by atoms with van der Waals surface area (Å²) in [6.45, 7) is 10.2. The molecule has 1 amide bonds. The minimum atomic E-state index is -3.69. The van der Waals surface area contributed by atoms with Crippen molar-refractivity contribution in [2.75, 3.05) is 13.2 Å². The second kappa shape index (κ2) is 9.92. The fraction of sp³-hybridized carbons (Fsp3) is 0.458. The Balaban J connectivity index is 1.58. The molecule has 1 atom stereocenters. The van der Waals surface area contributed by atoms with Crippen LogP contribution in [0.25, 0.3) is 0 Å². The van der Waals surface area contributed by atoms with Gasteiger partial charge in [-0.05, 0) is 57.9 Å². The van der Waals surface area contributed by atoms with E-state index in [1.165, 1.54) is 0 Å². The van der Waals surface area contributed by atoms with Crippen molar-refractivity contribution in [3.8, 4) is 11.5 Å². The van der Waals surface area contributed by atoms with E-state index >= 15 is 0 Å². The van der Waals surface area contributed by atoms with Crippen LogP contribution in [-0.4, -0.2) is 33.6 Å². The standard InChI is InChI=1S/C24H32N2O5S/c1-6-30-21-12-19-11-18(5)31-22(19)13-20(21)14-25-23(27)7-8-26-32(28,29)24-16(3)9-15(2)10-17(24)4/h9-10,12-13,18,26H,6-8,11,14H2,1-5H3,(H,25,27)/t18-/m0/s1. The van der Waals surface area contributed by atoms with E-state index in [1.54, 1.807) is 13.8 Å². The summed E-state index contributed by atoms with van der Waals surface area (Å²) in [4.78, 5) is 12.6. The molecule has 0 aliphatic carbocycles. The van der Waals surface area contributed by atoms with Gasteiger partial charge in [0.05, 0.1) is 11.5 Å². The third kappa shape index (κ3) is 5.61. The number of hydrogen-bond acceptors (Lipinski definition) is 5. The first-order valence-electron chi connectivity index (χ1n) is 10.9. The van der Waals surface area contributed by atoms with Gasteiger partial charge in [-0.1, -0.05) is 17.7 Å². The molecular formula is C24H32N2O5S. The zero-order chi connectivity index (χ0) is 23.5. The van der Waals surface area contributed by atoms with Gasteiger partial charge in [0.25, 0.3) is 0 Å². The first-order valence-corrected chi connectivity index (χ1v) is 12.4. The third-order valence-electron chi connectivity index (χ3n) is 5.37. The van der Waals surface area contributed by atoms with Crippen molar-refractivity contribution in [1.29, 1.82) is 0 Å². The number of ether oxygens (including phenoxy) is 2. The summed E-state index contributed by atoms with van der Waals surface area (Å²) in [5.74, 6) is 1.30. The number of amides is 1. The second-order valence-corrected chi connectivity index (χ2v) is 9.99. The van der Waals surface area contributed by atoms with E-state index in [2.05, 4.69) is 10.0 Å². The number of sulfonamides is 1. The molecule has 3 rings (SSSR count). The zero-order valence-electron chi connectivity index (χ0n) is 19.4. The summed E-state index contributed by atoms with van der Waals surface area (Å²) in [6.07, 6.45) is 0.992. The van der Waals surface area contributed by atoms with Crippen molar-refractivity contribution in [2.45, 2.75) is 65.0 Å². The Morgan fingerprint density at radius 1 is 1.16 bits per heavy atom. The summed E-state index contributed by atoms with van der Waals surface area (Å²) in [7, 11) is -3.69. The molecule has 1 aliphatic rings. The Morgan fingerprint density at radius 3 is 2.50 bits per heavy atom. The molecule has 2 aromatic carbocycles. The van der Waals surface area contributed by atoms with E-state index < -0.39 is 10.0 Å². The fourth-order valence-corrected chi connectivity index (χ4v) is 5.63. The van der Waals surface area contributed by atoms with Gasteiger partial charge in [0.2, 0.25) is 15.9 Å². The van der Waals surface area contributed by atoms with Crippen molar-refractivity contribution in [3.05, 3.63) is 52.1 Å². The largest absolute Gasteiger partial charge is 0.494 e. The van der Waals surface area contributed by atoms with E-state index in [0.717, 1.165) is 34.6 Å². The Kier molecular flexibility index (Phi) is 7.46. The number of rotatable bonds is 9. The van der Waals surface area contributed by atoms with Crippen molar-refractivity contribution >= 4 is 15.9 Å². The van der Waals surface area contributed by atoms with Crippen LogP contribution in [0.15, 0.2) is 29.2 Å². The molecule has 32 heavy (non-hydrogen) atoms. The maximum atomic E-state index is 12.7. The van der Waals surface area contributed by atoms with Gasteiger partial charge >= 0.3 is 0 Å². The van der Waals surface area contributed by atoms with Gasteiger partial charge in [0, 0.05) is 37.1 Å². The normalized spacial score (nSPS) is 15.2. The van der Waals surface area contributed by atoms with Crippen LogP contribution in [0.3, 0.4) is 0 Å². The molecule has 0 unspecified atom stereocenters. The average molecular weight is 461 g/mol. The quantitative estimate of drug-likeness (QED) is 0.599. The highest BCUT2D eigenvalue weighted by Gasteiger charge is 2.22. The van der Waals surface area contributed by atoms with Crippen LogP contribution in [0.4, 0.5) is 0 Å².